The molecule has 2 heterocycles. The highest BCUT2D eigenvalue weighted by molar-refractivity contribution is 6.34. The summed E-state index contributed by atoms with van der Waals surface area (Å²) in [5.74, 6) is 0. The number of para-hydroxylation sites is 2. The van der Waals surface area contributed by atoms with E-state index in [0.29, 0.717) is 23.3 Å². The molecule has 0 saturated carbocycles. The predicted octanol–water partition coefficient (Wildman–Crippen LogP) is 4.67. The van der Waals surface area contributed by atoms with Gasteiger partial charge in [0.25, 0.3) is 0 Å². The molecule has 1 N–H and O–H groups in total. The van der Waals surface area contributed by atoms with Gasteiger partial charge in [0, 0.05) is 19.1 Å². The lowest BCUT2D eigenvalue weighted by molar-refractivity contribution is 0.256. The molecule has 24 heavy (non-hydrogen) atoms. The van der Waals surface area contributed by atoms with E-state index in [0.717, 1.165) is 29.9 Å². The van der Waals surface area contributed by atoms with Crippen molar-refractivity contribution >= 4 is 34.7 Å². The first-order valence-corrected chi connectivity index (χ1v) is 8.71. The quantitative estimate of drug-likeness (QED) is 0.818. The van der Waals surface area contributed by atoms with Crippen LogP contribution in [0, 0.1) is 6.92 Å². The first-order valence-electron chi connectivity index (χ1n) is 8.34. The van der Waals surface area contributed by atoms with Gasteiger partial charge in [0.2, 0.25) is 0 Å². The van der Waals surface area contributed by atoms with Gasteiger partial charge in [-0.15, -0.1) is 0 Å². The molecule has 0 aromatic heterocycles. The van der Waals surface area contributed by atoms with E-state index in [-0.39, 0.29) is 6.03 Å². The summed E-state index contributed by atoms with van der Waals surface area (Å²) in [6.07, 6.45) is 2.31. The maximum atomic E-state index is 12.9. The Labute approximate surface area is 147 Å². The minimum atomic E-state index is -0.125. The third kappa shape index (κ3) is 2.61. The Kier molecular flexibility index (Phi) is 3.85. The van der Waals surface area contributed by atoms with Crippen LogP contribution in [0.1, 0.15) is 18.4 Å². The van der Waals surface area contributed by atoms with Gasteiger partial charge in [-0.3, -0.25) is 4.90 Å². The third-order valence-corrected chi connectivity index (χ3v) is 5.18. The number of benzene rings is 2. The van der Waals surface area contributed by atoms with Crippen LogP contribution in [0.5, 0.6) is 0 Å². The van der Waals surface area contributed by atoms with Crippen molar-refractivity contribution in [1.82, 2.24) is 0 Å². The molecule has 4 rings (SSSR count). The van der Waals surface area contributed by atoms with E-state index in [4.69, 9.17) is 11.6 Å². The van der Waals surface area contributed by atoms with Crippen LogP contribution in [-0.4, -0.2) is 25.2 Å². The summed E-state index contributed by atoms with van der Waals surface area (Å²) in [4.78, 5) is 17.2. The standard InChI is InChI=1S/C19H20ClN3O/c1-13-8-9-16(15(20)11-13)21-19(24)23-12-14-5-4-10-22(14)17-6-2-3-7-18(17)23/h2-3,6-9,11,14H,4-5,10,12H2,1H3,(H,21,24). The largest absolute Gasteiger partial charge is 0.365 e. The number of rotatable bonds is 1. The lowest BCUT2D eigenvalue weighted by atomic mass is 10.1. The Bertz CT molecular complexity index is 792. The van der Waals surface area contributed by atoms with Crippen LogP contribution >= 0.6 is 11.6 Å². The van der Waals surface area contributed by atoms with E-state index >= 15 is 0 Å². The highest BCUT2D eigenvalue weighted by atomic mass is 35.5. The molecule has 2 aromatic rings. The number of anilines is 3. The molecule has 0 bridgehead atoms. The lowest BCUT2D eigenvalue weighted by Crippen LogP contribution is -2.49. The highest BCUT2D eigenvalue weighted by Crippen LogP contribution is 2.39. The molecule has 4 nitrogen and oxygen atoms in total. The number of carbonyl (C=O) groups excluding carboxylic acids is 1. The van der Waals surface area contributed by atoms with Gasteiger partial charge in [0.1, 0.15) is 0 Å². The third-order valence-electron chi connectivity index (χ3n) is 4.86. The number of aryl methyl sites for hydroxylation is 1. The molecule has 1 saturated heterocycles. The molecule has 2 amide bonds. The molecular weight excluding hydrogens is 322 g/mol. The number of nitrogens with one attached hydrogen (secondary N) is 1. The van der Waals surface area contributed by atoms with E-state index in [9.17, 15) is 4.79 Å². The van der Waals surface area contributed by atoms with Crippen molar-refractivity contribution in [2.24, 2.45) is 0 Å². The monoisotopic (exact) mass is 341 g/mol. The molecule has 0 radical (unpaired) electrons. The van der Waals surface area contributed by atoms with Crippen molar-refractivity contribution in [2.45, 2.75) is 25.8 Å². The number of amides is 2. The van der Waals surface area contributed by atoms with Crippen LogP contribution in [0.3, 0.4) is 0 Å². The van der Waals surface area contributed by atoms with Crippen LogP contribution in [0.4, 0.5) is 21.9 Å². The Balaban J connectivity index is 1.63. The van der Waals surface area contributed by atoms with Crippen molar-refractivity contribution < 1.29 is 4.79 Å². The highest BCUT2D eigenvalue weighted by Gasteiger charge is 2.36. The minimum absolute atomic E-state index is 0.125. The Morgan fingerprint density at radius 2 is 2.00 bits per heavy atom. The fourth-order valence-corrected chi connectivity index (χ4v) is 3.97. The van der Waals surface area contributed by atoms with Gasteiger partial charge in [-0.05, 0) is 49.6 Å². The van der Waals surface area contributed by atoms with E-state index in [1.54, 1.807) is 0 Å². The fraction of sp³-hybridized carbons (Fsp3) is 0.316. The molecule has 1 unspecified atom stereocenters. The van der Waals surface area contributed by atoms with Gasteiger partial charge >= 0.3 is 6.03 Å². The first kappa shape index (κ1) is 15.3. The molecule has 1 atom stereocenters. The second-order valence-corrected chi connectivity index (χ2v) is 6.91. The van der Waals surface area contributed by atoms with Gasteiger partial charge in [-0.25, -0.2) is 4.79 Å². The summed E-state index contributed by atoms with van der Waals surface area (Å²) in [5, 5.41) is 3.53. The smallest absolute Gasteiger partial charge is 0.326 e. The van der Waals surface area contributed by atoms with Crippen LogP contribution < -0.4 is 15.1 Å². The molecule has 2 aliphatic heterocycles. The average Bonchev–Trinajstić information content (AvgIpc) is 3.05. The van der Waals surface area contributed by atoms with E-state index in [2.05, 4.69) is 16.3 Å². The molecule has 1 fully saturated rings. The fourth-order valence-electron chi connectivity index (χ4n) is 3.68. The van der Waals surface area contributed by atoms with Crippen molar-refractivity contribution in [3.05, 3.63) is 53.1 Å². The molecule has 124 valence electrons. The number of nitrogens with zero attached hydrogens (tertiary/aromatic N) is 2. The summed E-state index contributed by atoms with van der Waals surface area (Å²) < 4.78 is 0. The van der Waals surface area contributed by atoms with Crippen molar-refractivity contribution in [2.75, 3.05) is 28.2 Å². The molecular formula is C19H20ClN3O. The van der Waals surface area contributed by atoms with Crippen LogP contribution in [0.25, 0.3) is 0 Å². The number of halogens is 1. The first-order chi connectivity index (χ1) is 11.6. The van der Waals surface area contributed by atoms with Gasteiger partial charge < -0.3 is 10.2 Å². The zero-order valence-electron chi connectivity index (χ0n) is 13.6. The predicted molar refractivity (Wildman–Crippen MR) is 99.4 cm³/mol. The van der Waals surface area contributed by atoms with Gasteiger partial charge in [-0.1, -0.05) is 29.8 Å². The zero-order valence-corrected chi connectivity index (χ0v) is 14.4. The van der Waals surface area contributed by atoms with Gasteiger partial charge in [-0.2, -0.15) is 0 Å². The summed E-state index contributed by atoms with van der Waals surface area (Å²) >= 11 is 6.26. The summed E-state index contributed by atoms with van der Waals surface area (Å²) in [7, 11) is 0. The van der Waals surface area contributed by atoms with E-state index in [1.165, 1.54) is 6.42 Å². The minimum Gasteiger partial charge on any atom is -0.365 e. The SMILES string of the molecule is Cc1ccc(NC(=O)N2CC3CCCN3c3ccccc32)c(Cl)c1. The van der Waals surface area contributed by atoms with Crippen molar-refractivity contribution in [3.8, 4) is 0 Å². The van der Waals surface area contributed by atoms with Crippen LogP contribution in [0.2, 0.25) is 5.02 Å². The molecule has 0 aliphatic carbocycles. The Morgan fingerprint density at radius 3 is 2.79 bits per heavy atom. The van der Waals surface area contributed by atoms with Crippen molar-refractivity contribution in [1.29, 1.82) is 0 Å². The summed E-state index contributed by atoms with van der Waals surface area (Å²) in [6.45, 7) is 3.76. The zero-order chi connectivity index (χ0) is 16.7. The van der Waals surface area contributed by atoms with Crippen LogP contribution in [0.15, 0.2) is 42.5 Å². The number of fused-ring (bicyclic) bond motifs is 3. The summed E-state index contributed by atoms with van der Waals surface area (Å²) in [6, 6.07) is 14.1. The number of urea groups is 1. The van der Waals surface area contributed by atoms with E-state index < -0.39 is 0 Å². The van der Waals surface area contributed by atoms with Crippen molar-refractivity contribution in [3.63, 3.8) is 0 Å². The normalized spacial score (nSPS) is 19.0. The Morgan fingerprint density at radius 1 is 1.21 bits per heavy atom. The summed E-state index contributed by atoms with van der Waals surface area (Å²) in [5.41, 5.74) is 3.84. The Hall–Kier alpha value is -2.20. The molecule has 2 aromatic carbocycles. The second-order valence-electron chi connectivity index (χ2n) is 6.50. The second kappa shape index (κ2) is 6.02. The number of hydrogen-bond donors (Lipinski definition) is 1. The molecule has 2 aliphatic rings. The molecule has 0 spiro atoms. The number of hydrogen-bond acceptors (Lipinski definition) is 2. The van der Waals surface area contributed by atoms with Crippen LogP contribution in [-0.2, 0) is 0 Å². The van der Waals surface area contributed by atoms with E-state index in [1.807, 2.05) is 48.2 Å². The topological polar surface area (TPSA) is 35.6 Å². The maximum absolute atomic E-state index is 12.9. The van der Waals surface area contributed by atoms with Gasteiger partial charge in [0.05, 0.1) is 22.1 Å². The lowest BCUT2D eigenvalue weighted by Gasteiger charge is -2.40. The average molecular weight is 342 g/mol. The maximum Gasteiger partial charge on any atom is 0.326 e. The van der Waals surface area contributed by atoms with Gasteiger partial charge in [0.15, 0.2) is 0 Å². The number of carbonyl (C=O) groups is 1. The molecule has 5 heteroatoms.